The monoisotopic (exact) mass is 268 g/mol. The van der Waals surface area contributed by atoms with Gasteiger partial charge in [-0.05, 0) is 18.4 Å². The van der Waals surface area contributed by atoms with Crippen molar-refractivity contribution in [3.63, 3.8) is 0 Å². The molecular weight excluding hydrogens is 260 g/mol. The Kier molecular flexibility index (Phi) is 2.38. The summed E-state index contributed by atoms with van der Waals surface area (Å²) in [4.78, 5) is 23.0. The molecule has 0 saturated heterocycles. The van der Waals surface area contributed by atoms with E-state index in [1.54, 1.807) is 12.1 Å². The number of rotatable bonds is 1. The van der Waals surface area contributed by atoms with E-state index in [-0.39, 0.29) is 5.78 Å². The standard InChI is InChI=1S/C11H9BrO3/c12-11(10(14)15)6-5-7-3-1-2-4-8(7)9(11)13/h1-4H,5-6H2,(H,14,15). The molecule has 1 N–H and O–H groups in total. The van der Waals surface area contributed by atoms with Gasteiger partial charge in [-0.15, -0.1) is 0 Å². The maximum atomic E-state index is 12.0. The molecular formula is C11H9BrO3. The van der Waals surface area contributed by atoms with E-state index in [1.165, 1.54) is 0 Å². The lowest BCUT2D eigenvalue weighted by Gasteiger charge is -2.27. The Bertz CT molecular complexity index is 441. The number of hydrogen-bond donors (Lipinski definition) is 1. The lowest BCUT2D eigenvalue weighted by atomic mass is 9.82. The number of carboxylic acids is 1. The van der Waals surface area contributed by atoms with Gasteiger partial charge in [-0.25, -0.2) is 0 Å². The first-order valence-corrected chi connectivity index (χ1v) is 5.40. The summed E-state index contributed by atoms with van der Waals surface area (Å²) >= 11 is 3.05. The molecule has 4 heteroatoms. The molecule has 0 aromatic heterocycles. The lowest BCUT2D eigenvalue weighted by molar-refractivity contribution is -0.138. The second kappa shape index (κ2) is 3.45. The summed E-state index contributed by atoms with van der Waals surface area (Å²) < 4.78 is -1.43. The molecule has 0 aliphatic heterocycles. The Morgan fingerprint density at radius 2 is 2.07 bits per heavy atom. The third-order valence-corrected chi connectivity index (χ3v) is 3.80. The summed E-state index contributed by atoms with van der Waals surface area (Å²) in [6, 6.07) is 7.14. The highest BCUT2D eigenvalue weighted by Gasteiger charge is 2.46. The SMILES string of the molecule is O=C(O)C1(Br)CCc2ccccc2C1=O. The number of Topliss-reactive ketones (excluding diaryl/α,β-unsaturated/α-hetero) is 1. The number of ketones is 1. The fourth-order valence-corrected chi connectivity index (χ4v) is 2.21. The predicted octanol–water partition coefficient (Wildman–Crippen LogP) is 2.03. The van der Waals surface area contributed by atoms with Crippen molar-refractivity contribution in [1.82, 2.24) is 0 Å². The van der Waals surface area contributed by atoms with Crippen molar-refractivity contribution in [2.24, 2.45) is 0 Å². The van der Waals surface area contributed by atoms with Gasteiger partial charge in [0.15, 0.2) is 10.1 Å². The smallest absolute Gasteiger partial charge is 0.328 e. The van der Waals surface area contributed by atoms with E-state index in [0.29, 0.717) is 18.4 Å². The van der Waals surface area contributed by atoms with Crippen LogP contribution in [0.2, 0.25) is 0 Å². The van der Waals surface area contributed by atoms with Crippen LogP contribution in [-0.4, -0.2) is 21.2 Å². The normalized spacial score (nSPS) is 24.7. The van der Waals surface area contributed by atoms with Crippen LogP contribution in [0.3, 0.4) is 0 Å². The van der Waals surface area contributed by atoms with Crippen molar-refractivity contribution in [3.05, 3.63) is 35.4 Å². The number of carboxylic acid groups (broad SMARTS) is 1. The molecule has 15 heavy (non-hydrogen) atoms. The van der Waals surface area contributed by atoms with Crippen molar-refractivity contribution in [1.29, 1.82) is 0 Å². The third-order valence-electron chi connectivity index (χ3n) is 2.70. The summed E-state index contributed by atoms with van der Waals surface area (Å²) in [5, 5.41) is 9.03. The molecule has 0 fully saturated rings. The van der Waals surface area contributed by atoms with Gasteiger partial charge in [0.25, 0.3) is 0 Å². The van der Waals surface area contributed by atoms with Crippen LogP contribution in [0.1, 0.15) is 22.3 Å². The van der Waals surface area contributed by atoms with Crippen molar-refractivity contribution < 1.29 is 14.7 Å². The Hall–Kier alpha value is -1.16. The predicted molar refractivity (Wildman–Crippen MR) is 58.4 cm³/mol. The average Bonchev–Trinajstić information content (AvgIpc) is 2.24. The maximum absolute atomic E-state index is 12.0. The molecule has 1 unspecified atom stereocenters. The highest BCUT2D eigenvalue weighted by Crippen LogP contribution is 2.35. The fourth-order valence-electron chi connectivity index (χ4n) is 1.80. The number of hydrogen-bond acceptors (Lipinski definition) is 2. The molecule has 78 valence electrons. The molecule has 1 atom stereocenters. The minimum Gasteiger partial charge on any atom is -0.480 e. The minimum absolute atomic E-state index is 0.304. The molecule has 1 aromatic carbocycles. The van der Waals surface area contributed by atoms with Gasteiger partial charge in [0.1, 0.15) is 0 Å². The number of fused-ring (bicyclic) bond motifs is 1. The number of aryl methyl sites for hydroxylation is 1. The van der Waals surface area contributed by atoms with Gasteiger partial charge < -0.3 is 5.11 Å². The van der Waals surface area contributed by atoms with Crippen LogP contribution in [0.4, 0.5) is 0 Å². The van der Waals surface area contributed by atoms with E-state index in [1.807, 2.05) is 12.1 Å². The zero-order chi connectivity index (χ0) is 11.1. The summed E-state index contributed by atoms with van der Waals surface area (Å²) in [6.45, 7) is 0. The summed E-state index contributed by atoms with van der Waals surface area (Å²) in [5.41, 5.74) is 1.45. The summed E-state index contributed by atoms with van der Waals surface area (Å²) in [7, 11) is 0. The zero-order valence-corrected chi connectivity index (χ0v) is 9.45. The second-order valence-electron chi connectivity index (χ2n) is 3.59. The molecule has 0 saturated carbocycles. The van der Waals surface area contributed by atoms with Crippen molar-refractivity contribution in [2.45, 2.75) is 17.2 Å². The molecule has 3 nitrogen and oxygen atoms in total. The Morgan fingerprint density at radius 3 is 2.73 bits per heavy atom. The first kappa shape index (κ1) is 10.4. The Morgan fingerprint density at radius 1 is 1.40 bits per heavy atom. The van der Waals surface area contributed by atoms with Gasteiger partial charge in [0, 0.05) is 5.56 Å². The first-order valence-electron chi connectivity index (χ1n) is 4.61. The van der Waals surface area contributed by atoms with Crippen LogP contribution in [0, 0.1) is 0 Å². The molecule has 0 radical (unpaired) electrons. The van der Waals surface area contributed by atoms with Crippen molar-refractivity contribution >= 4 is 27.7 Å². The topological polar surface area (TPSA) is 54.4 Å². The lowest BCUT2D eigenvalue weighted by Crippen LogP contribution is -2.44. The third kappa shape index (κ3) is 1.49. The molecule has 0 bridgehead atoms. The summed E-state index contributed by atoms with van der Waals surface area (Å²) in [5.74, 6) is -1.46. The Labute approximate surface area is 95.2 Å². The number of benzene rings is 1. The van der Waals surface area contributed by atoms with E-state index in [9.17, 15) is 9.59 Å². The number of carbonyl (C=O) groups excluding carboxylic acids is 1. The van der Waals surface area contributed by atoms with Gasteiger partial charge in [-0.3, -0.25) is 9.59 Å². The minimum atomic E-state index is -1.43. The molecule has 1 aromatic rings. The van der Waals surface area contributed by atoms with Crippen LogP contribution in [0.25, 0.3) is 0 Å². The number of aliphatic carboxylic acids is 1. The van der Waals surface area contributed by atoms with Crippen molar-refractivity contribution in [3.8, 4) is 0 Å². The van der Waals surface area contributed by atoms with Gasteiger partial charge in [0.05, 0.1) is 0 Å². The Balaban J connectivity index is 2.51. The maximum Gasteiger partial charge on any atom is 0.328 e. The van der Waals surface area contributed by atoms with Crippen molar-refractivity contribution in [2.75, 3.05) is 0 Å². The quantitative estimate of drug-likeness (QED) is 0.627. The van der Waals surface area contributed by atoms with Gasteiger partial charge >= 0.3 is 5.97 Å². The van der Waals surface area contributed by atoms with E-state index >= 15 is 0 Å². The number of alkyl halides is 1. The first-order chi connectivity index (χ1) is 7.05. The van der Waals surface area contributed by atoms with Crippen LogP contribution in [0.5, 0.6) is 0 Å². The molecule has 1 aliphatic carbocycles. The van der Waals surface area contributed by atoms with E-state index in [0.717, 1.165) is 5.56 Å². The van der Waals surface area contributed by atoms with Crippen LogP contribution >= 0.6 is 15.9 Å². The molecule has 0 spiro atoms. The second-order valence-corrected chi connectivity index (χ2v) is 4.95. The van der Waals surface area contributed by atoms with Crippen LogP contribution < -0.4 is 0 Å². The molecule has 0 heterocycles. The molecule has 0 amide bonds. The fraction of sp³-hybridized carbons (Fsp3) is 0.273. The van der Waals surface area contributed by atoms with E-state index < -0.39 is 10.3 Å². The average molecular weight is 269 g/mol. The van der Waals surface area contributed by atoms with Gasteiger partial charge in [-0.1, -0.05) is 40.2 Å². The van der Waals surface area contributed by atoms with Crippen LogP contribution in [-0.2, 0) is 11.2 Å². The van der Waals surface area contributed by atoms with Crippen LogP contribution in [0.15, 0.2) is 24.3 Å². The van der Waals surface area contributed by atoms with E-state index in [2.05, 4.69) is 15.9 Å². The highest BCUT2D eigenvalue weighted by atomic mass is 79.9. The van der Waals surface area contributed by atoms with Gasteiger partial charge in [0.2, 0.25) is 0 Å². The number of carbonyl (C=O) groups is 2. The number of halogens is 1. The summed E-state index contributed by atoms with van der Waals surface area (Å²) in [6.07, 6.45) is 0.914. The molecule has 1 aliphatic rings. The zero-order valence-electron chi connectivity index (χ0n) is 7.87. The largest absolute Gasteiger partial charge is 0.480 e. The van der Waals surface area contributed by atoms with E-state index in [4.69, 9.17) is 5.11 Å². The molecule has 2 rings (SSSR count). The highest BCUT2D eigenvalue weighted by molar-refractivity contribution is 9.10. The van der Waals surface area contributed by atoms with Gasteiger partial charge in [-0.2, -0.15) is 0 Å².